The van der Waals surface area contributed by atoms with E-state index in [1.54, 1.807) is 30.3 Å². The van der Waals surface area contributed by atoms with Gasteiger partial charge in [-0.15, -0.1) is 5.10 Å². The second kappa shape index (κ2) is 5.90. The lowest BCUT2D eigenvalue weighted by molar-refractivity contribution is -0.141. The number of halogens is 3. The smallest absolute Gasteiger partial charge is 0.435 e. The van der Waals surface area contributed by atoms with Crippen LogP contribution in [0.2, 0.25) is 0 Å². The number of hydrogen-bond donors (Lipinski definition) is 1. The third-order valence-electron chi connectivity index (χ3n) is 2.91. The Hall–Kier alpha value is -2.44. The van der Waals surface area contributed by atoms with Gasteiger partial charge in [0.15, 0.2) is 5.69 Å². The summed E-state index contributed by atoms with van der Waals surface area (Å²) in [6.45, 7) is 0. The van der Waals surface area contributed by atoms with Gasteiger partial charge in [0.2, 0.25) is 0 Å². The summed E-state index contributed by atoms with van der Waals surface area (Å²) in [6.07, 6.45) is -4.46. The second-order valence-electron chi connectivity index (χ2n) is 4.42. The molecule has 21 heavy (non-hydrogen) atoms. The number of carboxylic acid groups (broad SMARTS) is 1. The molecule has 110 valence electrons. The van der Waals surface area contributed by atoms with Crippen LogP contribution in [0.15, 0.2) is 42.5 Å². The Labute approximate surface area is 118 Å². The molecule has 1 aromatic heterocycles. The average molecular weight is 296 g/mol. The van der Waals surface area contributed by atoms with E-state index in [2.05, 4.69) is 10.2 Å². The lowest BCUT2D eigenvalue weighted by Gasteiger charge is -2.12. The molecule has 0 saturated heterocycles. The highest BCUT2D eigenvalue weighted by Crippen LogP contribution is 2.28. The van der Waals surface area contributed by atoms with Gasteiger partial charge in [0, 0.05) is 0 Å². The van der Waals surface area contributed by atoms with E-state index in [9.17, 15) is 23.1 Å². The van der Waals surface area contributed by atoms with Crippen LogP contribution in [0.3, 0.4) is 0 Å². The lowest BCUT2D eigenvalue weighted by atomic mass is 9.96. The maximum absolute atomic E-state index is 12.4. The van der Waals surface area contributed by atoms with Gasteiger partial charge in [-0.05, 0) is 24.1 Å². The number of hydrogen-bond acceptors (Lipinski definition) is 3. The van der Waals surface area contributed by atoms with Crippen LogP contribution in [0.4, 0.5) is 13.2 Å². The highest BCUT2D eigenvalue weighted by Gasteiger charge is 2.33. The fourth-order valence-electron chi connectivity index (χ4n) is 1.85. The number of benzene rings is 1. The molecule has 2 aromatic rings. The SMILES string of the molecule is O=C(O)C(Cc1ccccc1)c1ccc(C(F)(F)F)nn1. The minimum absolute atomic E-state index is 0.000599. The first-order chi connectivity index (χ1) is 9.88. The van der Waals surface area contributed by atoms with Crippen molar-refractivity contribution in [2.45, 2.75) is 18.5 Å². The van der Waals surface area contributed by atoms with Gasteiger partial charge in [0.1, 0.15) is 5.92 Å². The molecule has 0 saturated carbocycles. The molecule has 1 aromatic carbocycles. The fraction of sp³-hybridized carbons (Fsp3) is 0.214. The highest BCUT2D eigenvalue weighted by atomic mass is 19.4. The molecule has 0 radical (unpaired) electrons. The number of rotatable bonds is 4. The van der Waals surface area contributed by atoms with Crippen LogP contribution in [0, 0.1) is 0 Å². The lowest BCUT2D eigenvalue weighted by Crippen LogP contribution is -2.18. The first kappa shape index (κ1) is 15.0. The number of aliphatic carboxylic acids is 1. The van der Waals surface area contributed by atoms with E-state index in [0.717, 1.165) is 17.7 Å². The van der Waals surface area contributed by atoms with Crippen molar-refractivity contribution in [2.24, 2.45) is 0 Å². The van der Waals surface area contributed by atoms with Gasteiger partial charge >= 0.3 is 12.1 Å². The van der Waals surface area contributed by atoms with Crippen molar-refractivity contribution in [3.05, 3.63) is 59.4 Å². The van der Waals surface area contributed by atoms with E-state index in [-0.39, 0.29) is 12.1 Å². The number of carboxylic acids is 1. The first-order valence-electron chi connectivity index (χ1n) is 6.05. The summed E-state index contributed by atoms with van der Waals surface area (Å²) < 4.78 is 37.2. The molecule has 0 amide bonds. The molecular formula is C14H11F3N2O2. The third kappa shape index (κ3) is 3.77. The summed E-state index contributed by atoms with van der Waals surface area (Å²) >= 11 is 0. The van der Waals surface area contributed by atoms with Crippen molar-refractivity contribution in [1.82, 2.24) is 10.2 Å². The molecule has 1 atom stereocenters. The van der Waals surface area contributed by atoms with Crippen LogP contribution >= 0.6 is 0 Å². The summed E-state index contributed by atoms with van der Waals surface area (Å²) in [4.78, 5) is 11.3. The molecule has 0 aliphatic heterocycles. The van der Waals surface area contributed by atoms with Crippen LogP contribution in [0.5, 0.6) is 0 Å². The predicted molar refractivity (Wildman–Crippen MR) is 67.6 cm³/mol. The normalized spacial score (nSPS) is 12.9. The molecule has 0 aliphatic carbocycles. The number of nitrogens with zero attached hydrogens (tertiary/aromatic N) is 2. The topological polar surface area (TPSA) is 63.1 Å². The van der Waals surface area contributed by atoms with Gasteiger partial charge in [-0.2, -0.15) is 18.3 Å². The largest absolute Gasteiger partial charge is 0.481 e. The maximum Gasteiger partial charge on any atom is 0.435 e. The number of carbonyl (C=O) groups is 1. The van der Waals surface area contributed by atoms with Crippen molar-refractivity contribution in [1.29, 1.82) is 0 Å². The van der Waals surface area contributed by atoms with E-state index in [0.29, 0.717) is 0 Å². The Morgan fingerprint density at radius 3 is 2.24 bits per heavy atom. The van der Waals surface area contributed by atoms with E-state index in [1.165, 1.54) is 0 Å². The molecule has 0 bridgehead atoms. The van der Waals surface area contributed by atoms with Crippen molar-refractivity contribution < 1.29 is 23.1 Å². The quantitative estimate of drug-likeness (QED) is 0.942. The van der Waals surface area contributed by atoms with Crippen molar-refractivity contribution in [3.63, 3.8) is 0 Å². The maximum atomic E-state index is 12.4. The standard InChI is InChI=1S/C14H11F3N2O2/c15-14(16,17)12-7-6-11(18-19-12)10(13(20)21)8-9-4-2-1-3-5-9/h1-7,10H,8H2,(H,20,21). The molecule has 1 N–H and O–H groups in total. The number of alkyl halides is 3. The van der Waals surface area contributed by atoms with Gasteiger partial charge in [-0.25, -0.2) is 0 Å². The monoisotopic (exact) mass is 296 g/mol. The fourth-order valence-corrected chi connectivity index (χ4v) is 1.85. The van der Waals surface area contributed by atoms with E-state index in [1.807, 2.05) is 0 Å². The molecule has 1 heterocycles. The average Bonchev–Trinajstić information content (AvgIpc) is 2.45. The Bertz CT molecular complexity index is 612. The highest BCUT2D eigenvalue weighted by molar-refractivity contribution is 5.75. The van der Waals surface area contributed by atoms with E-state index >= 15 is 0 Å². The molecule has 0 spiro atoms. The van der Waals surface area contributed by atoms with Crippen molar-refractivity contribution >= 4 is 5.97 Å². The van der Waals surface area contributed by atoms with Crippen LogP contribution in [-0.2, 0) is 17.4 Å². The molecule has 0 fully saturated rings. The molecule has 1 unspecified atom stereocenters. The summed E-state index contributed by atoms with van der Waals surface area (Å²) in [5.41, 5.74) is -0.388. The second-order valence-corrected chi connectivity index (χ2v) is 4.42. The van der Waals surface area contributed by atoms with Crippen LogP contribution in [0.25, 0.3) is 0 Å². The number of aromatic nitrogens is 2. The van der Waals surface area contributed by atoms with Gasteiger partial charge < -0.3 is 5.11 Å². The third-order valence-corrected chi connectivity index (χ3v) is 2.91. The Morgan fingerprint density at radius 1 is 1.10 bits per heavy atom. The summed E-state index contributed by atoms with van der Waals surface area (Å²) in [5.74, 6) is -2.20. The summed E-state index contributed by atoms with van der Waals surface area (Å²) in [6, 6.07) is 10.6. The van der Waals surface area contributed by atoms with Crippen LogP contribution in [0.1, 0.15) is 22.9 Å². The Kier molecular flexibility index (Phi) is 4.21. The van der Waals surface area contributed by atoms with Crippen molar-refractivity contribution in [3.8, 4) is 0 Å². The van der Waals surface area contributed by atoms with Gasteiger partial charge in [-0.1, -0.05) is 30.3 Å². The molecule has 2 rings (SSSR count). The van der Waals surface area contributed by atoms with Gasteiger partial charge in [-0.3, -0.25) is 4.79 Å². The molecule has 7 heteroatoms. The summed E-state index contributed by atoms with van der Waals surface area (Å²) in [5, 5.41) is 15.7. The van der Waals surface area contributed by atoms with E-state index < -0.39 is 23.8 Å². The minimum atomic E-state index is -4.59. The molecule has 0 aliphatic rings. The Morgan fingerprint density at radius 2 is 1.76 bits per heavy atom. The van der Waals surface area contributed by atoms with Crippen LogP contribution < -0.4 is 0 Å². The first-order valence-corrected chi connectivity index (χ1v) is 6.05. The Balaban J connectivity index is 2.25. The van der Waals surface area contributed by atoms with Gasteiger partial charge in [0.25, 0.3) is 0 Å². The zero-order valence-corrected chi connectivity index (χ0v) is 10.7. The summed E-state index contributed by atoms with van der Waals surface area (Å²) in [7, 11) is 0. The zero-order valence-electron chi connectivity index (χ0n) is 10.7. The van der Waals surface area contributed by atoms with Crippen molar-refractivity contribution in [2.75, 3.05) is 0 Å². The predicted octanol–water partition coefficient (Wildman–Crippen LogP) is 2.91. The minimum Gasteiger partial charge on any atom is -0.481 e. The van der Waals surface area contributed by atoms with E-state index in [4.69, 9.17) is 0 Å². The van der Waals surface area contributed by atoms with Gasteiger partial charge in [0.05, 0.1) is 5.69 Å². The molecular weight excluding hydrogens is 285 g/mol. The van der Waals surface area contributed by atoms with Crippen LogP contribution in [-0.4, -0.2) is 21.3 Å². The molecule has 4 nitrogen and oxygen atoms in total. The zero-order chi connectivity index (χ0) is 15.5.